The molecule has 0 unspecified atom stereocenters. The summed E-state index contributed by atoms with van der Waals surface area (Å²) in [6.07, 6.45) is 0.459. The summed E-state index contributed by atoms with van der Waals surface area (Å²) in [4.78, 5) is 11.8. The Morgan fingerprint density at radius 2 is 1.75 bits per heavy atom. The minimum Gasteiger partial charge on any atom is -0.496 e. The molecule has 2 rings (SSSR count). The highest BCUT2D eigenvalue weighted by atomic mass is 16.5. The van der Waals surface area contributed by atoms with E-state index in [2.05, 4.69) is 0 Å². The summed E-state index contributed by atoms with van der Waals surface area (Å²) in [5.74, 6) is 0.794. The highest BCUT2D eigenvalue weighted by Gasteiger charge is 2.20. The van der Waals surface area contributed by atoms with Crippen molar-refractivity contribution in [3.8, 4) is 11.5 Å². The highest BCUT2D eigenvalue weighted by molar-refractivity contribution is 5.90. The molecule has 2 aromatic rings. The van der Waals surface area contributed by atoms with Crippen molar-refractivity contribution in [1.29, 1.82) is 0 Å². The van der Waals surface area contributed by atoms with Crippen molar-refractivity contribution in [2.45, 2.75) is 20.3 Å². The van der Waals surface area contributed by atoms with Gasteiger partial charge in [0, 0.05) is 11.9 Å². The SMILES string of the molecule is CC.COC(=O)[C@H](CN)Cc1cc2c(OC)cccc2cc1OC. The average Bonchev–Trinajstić information content (AvgIpc) is 2.65. The van der Waals surface area contributed by atoms with Crippen LogP contribution in [0.25, 0.3) is 10.8 Å². The Balaban J connectivity index is 0.00000139. The van der Waals surface area contributed by atoms with Gasteiger partial charge in [-0.15, -0.1) is 0 Å². The van der Waals surface area contributed by atoms with Gasteiger partial charge in [-0.25, -0.2) is 0 Å². The fourth-order valence-corrected chi connectivity index (χ4v) is 2.54. The van der Waals surface area contributed by atoms with Crippen LogP contribution in [0.2, 0.25) is 0 Å². The molecule has 0 aliphatic rings. The van der Waals surface area contributed by atoms with Crippen LogP contribution in [-0.4, -0.2) is 33.8 Å². The lowest BCUT2D eigenvalue weighted by molar-refractivity contribution is -0.145. The molecule has 1 atom stereocenters. The number of hydrogen-bond donors (Lipinski definition) is 1. The molecule has 0 aliphatic heterocycles. The van der Waals surface area contributed by atoms with Gasteiger partial charge >= 0.3 is 5.97 Å². The molecule has 2 aromatic carbocycles. The molecule has 5 heteroatoms. The lowest BCUT2D eigenvalue weighted by Crippen LogP contribution is -2.27. The first-order chi connectivity index (χ1) is 11.6. The molecular formula is C19H27NO4. The second-order valence-electron chi connectivity index (χ2n) is 5.01. The summed E-state index contributed by atoms with van der Waals surface area (Å²) in [5, 5.41) is 1.99. The zero-order valence-electron chi connectivity index (χ0n) is 15.1. The topological polar surface area (TPSA) is 70.8 Å². The molecule has 24 heavy (non-hydrogen) atoms. The Bertz CT molecular complexity index is 670. The third kappa shape index (κ3) is 4.38. The average molecular weight is 333 g/mol. The first-order valence-electron chi connectivity index (χ1n) is 8.06. The molecule has 5 nitrogen and oxygen atoms in total. The van der Waals surface area contributed by atoms with E-state index in [9.17, 15) is 4.79 Å². The lowest BCUT2D eigenvalue weighted by Gasteiger charge is -2.16. The summed E-state index contributed by atoms with van der Waals surface area (Å²) in [7, 11) is 4.61. The zero-order chi connectivity index (χ0) is 18.1. The summed E-state index contributed by atoms with van der Waals surface area (Å²) < 4.78 is 15.6. The smallest absolute Gasteiger partial charge is 0.310 e. The number of benzene rings is 2. The molecule has 0 saturated heterocycles. The molecule has 0 aliphatic carbocycles. The number of methoxy groups -OCH3 is 3. The number of esters is 1. The van der Waals surface area contributed by atoms with Crippen LogP contribution in [0.5, 0.6) is 11.5 Å². The third-order valence-electron chi connectivity index (χ3n) is 3.75. The van der Waals surface area contributed by atoms with E-state index >= 15 is 0 Å². The molecule has 0 aromatic heterocycles. The maximum atomic E-state index is 11.8. The Morgan fingerprint density at radius 1 is 1.08 bits per heavy atom. The van der Waals surface area contributed by atoms with Gasteiger partial charge in [0.15, 0.2) is 0 Å². The van der Waals surface area contributed by atoms with Crippen LogP contribution < -0.4 is 15.2 Å². The van der Waals surface area contributed by atoms with Crippen molar-refractivity contribution in [1.82, 2.24) is 0 Å². The Morgan fingerprint density at radius 3 is 2.29 bits per heavy atom. The molecule has 0 spiro atoms. The van der Waals surface area contributed by atoms with Crippen LogP contribution in [0.15, 0.2) is 30.3 Å². The van der Waals surface area contributed by atoms with E-state index in [0.29, 0.717) is 6.42 Å². The van der Waals surface area contributed by atoms with E-state index in [0.717, 1.165) is 27.8 Å². The number of nitrogens with two attached hydrogens (primary N) is 1. The van der Waals surface area contributed by atoms with Gasteiger partial charge < -0.3 is 19.9 Å². The van der Waals surface area contributed by atoms with E-state index < -0.39 is 5.92 Å². The van der Waals surface area contributed by atoms with Crippen LogP contribution in [-0.2, 0) is 16.0 Å². The van der Waals surface area contributed by atoms with Gasteiger partial charge in [0.1, 0.15) is 11.5 Å². The van der Waals surface area contributed by atoms with Crippen LogP contribution in [0, 0.1) is 5.92 Å². The summed E-state index contributed by atoms with van der Waals surface area (Å²) in [5.41, 5.74) is 6.59. The second-order valence-corrected chi connectivity index (χ2v) is 5.01. The Labute approximate surface area is 143 Å². The minimum atomic E-state index is -0.397. The van der Waals surface area contributed by atoms with Crippen molar-refractivity contribution in [2.24, 2.45) is 11.7 Å². The number of fused-ring (bicyclic) bond motifs is 1. The maximum Gasteiger partial charge on any atom is 0.310 e. The summed E-state index contributed by atoms with van der Waals surface area (Å²) in [6.45, 7) is 4.22. The van der Waals surface area contributed by atoms with Crippen molar-refractivity contribution in [2.75, 3.05) is 27.9 Å². The third-order valence-corrected chi connectivity index (χ3v) is 3.75. The maximum absolute atomic E-state index is 11.8. The van der Waals surface area contributed by atoms with Crippen molar-refractivity contribution < 1.29 is 19.0 Å². The zero-order valence-corrected chi connectivity index (χ0v) is 15.1. The van der Waals surface area contributed by atoms with E-state index in [1.165, 1.54) is 7.11 Å². The fraction of sp³-hybridized carbons (Fsp3) is 0.421. The van der Waals surface area contributed by atoms with Crippen LogP contribution >= 0.6 is 0 Å². The minimum absolute atomic E-state index is 0.222. The van der Waals surface area contributed by atoms with Crippen molar-refractivity contribution in [3.05, 3.63) is 35.9 Å². The van der Waals surface area contributed by atoms with E-state index in [4.69, 9.17) is 19.9 Å². The molecule has 0 heterocycles. The molecule has 0 radical (unpaired) electrons. The summed E-state index contributed by atoms with van der Waals surface area (Å²) in [6, 6.07) is 9.75. The van der Waals surface area contributed by atoms with Crippen LogP contribution in [0.4, 0.5) is 0 Å². The van der Waals surface area contributed by atoms with E-state index in [1.807, 2.05) is 44.2 Å². The largest absolute Gasteiger partial charge is 0.496 e. The Kier molecular flexibility index (Phi) is 8.06. The Hall–Kier alpha value is -2.27. The van der Waals surface area contributed by atoms with Gasteiger partial charge in [-0.3, -0.25) is 4.79 Å². The van der Waals surface area contributed by atoms with Crippen molar-refractivity contribution >= 4 is 16.7 Å². The van der Waals surface area contributed by atoms with Crippen LogP contribution in [0.1, 0.15) is 19.4 Å². The number of carbonyl (C=O) groups excluding carboxylic acids is 1. The molecule has 2 N–H and O–H groups in total. The predicted octanol–water partition coefficient (Wildman–Crippen LogP) is 3.17. The van der Waals surface area contributed by atoms with Gasteiger partial charge in [-0.1, -0.05) is 26.0 Å². The lowest BCUT2D eigenvalue weighted by atomic mass is 9.96. The summed E-state index contributed by atoms with van der Waals surface area (Å²) >= 11 is 0. The van der Waals surface area contributed by atoms with Gasteiger partial charge in [0.05, 0.1) is 27.2 Å². The highest BCUT2D eigenvalue weighted by Crippen LogP contribution is 2.33. The van der Waals surface area contributed by atoms with Crippen molar-refractivity contribution in [3.63, 3.8) is 0 Å². The monoisotopic (exact) mass is 333 g/mol. The first kappa shape index (κ1) is 19.8. The second kappa shape index (κ2) is 9.78. The molecule has 0 saturated carbocycles. The molecule has 132 valence electrons. The van der Waals surface area contributed by atoms with Gasteiger partial charge in [0.25, 0.3) is 0 Å². The number of carbonyl (C=O) groups is 1. The molecule has 0 bridgehead atoms. The standard InChI is InChI=1S/C17H21NO4.C2H6/c1-20-15-6-4-5-11-9-16(21-2)12(8-14(11)15)7-13(10-18)17(19)22-3;1-2/h4-6,8-9,13H,7,10,18H2,1-3H3;1-2H3/t13-;/m0./s1. The van der Waals surface area contributed by atoms with Crippen LogP contribution in [0.3, 0.4) is 0 Å². The van der Waals surface area contributed by atoms with Gasteiger partial charge in [-0.2, -0.15) is 0 Å². The molecular weight excluding hydrogens is 306 g/mol. The fourth-order valence-electron chi connectivity index (χ4n) is 2.54. The predicted molar refractivity (Wildman–Crippen MR) is 96.7 cm³/mol. The number of hydrogen-bond acceptors (Lipinski definition) is 5. The number of ether oxygens (including phenoxy) is 3. The molecule has 0 amide bonds. The van der Waals surface area contributed by atoms with E-state index in [1.54, 1.807) is 14.2 Å². The molecule has 0 fully saturated rings. The normalized spacial score (nSPS) is 11.2. The van der Waals surface area contributed by atoms with Gasteiger partial charge in [0.2, 0.25) is 0 Å². The number of rotatable bonds is 6. The quantitative estimate of drug-likeness (QED) is 0.822. The van der Waals surface area contributed by atoms with E-state index in [-0.39, 0.29) is 12.5 Å². The van der Waals surface area contributed by atoms with Gasteiger partial charge in [-0.05, 0) is 35.6 Å². The first-order valence-corrected chi connectivity index (χ1v) is 8.06.